The lowest BCUT2D eigenvalue weighted by Crippen LogP contribution is -2.39. The Morgan fingerprint density at radius 1 is 1.03 bits per heavy atom. The molecule has 1 unspecified atom stereocenters. The third-order valence-corrected chi connectivity index (χ3v) is 5.27. The molecule has 0 radical (unpaired) electrons. The monoisotopic (exact) mass is 445 g/mol. The second-order valence-corrected chi connectivity index (χ2v) is 8.84. The molecule has 0 aliphatic carbocycles. The molecule has 1 amide bonds. The van der Waals surface area contributed by atoms with Crippen LogP contribution in [0.4, 0.5) is 13.2 Å². The first kappa shape index (κ1) is 23.6. The second kappa shape index (κ2) is 8.81. The minimum atomic E-state index is -4.47. The van der Waals surface area contributed by atoms with Crippen LogP contribution in [0.2, 0.25) is 0 Å². The van der Waals surface area contributed by atoms with E-state index in [0.717, 1.165) is 17.7 Å². The van der Waals surface area contributed by atoms with E-state index in [2.05, 4.69) is 0 Å². The number of carbonyl (C=O) groups excluding carboxylic acids is 2. The minimum absolute atomic E-state index is 0.0376. The van der Waals surface area contributed by atoms with Crippen LogP contribution in [0.3, 0.4) is 0 Å². The number of rotatable bonds is 4. The number of amides is 1. The average molecular weight is 445 g/mol. The van der Waals surface area contributed by atoms with E-state index in [0.29, 0.717) is 11.3 Å². The molecule has 1 aliphatic rings. The molecule has 0 N–H and O–H groups in total. The van der Waals surface area contributed by atoms with Crippen LogP contribution in [-0.4, -0.2) is 22.4 Å². The highest BCUT2D eigenvalue weighted by molar-refractivity contribution is 5.96. The molecule has 0 bridgehead atoms. The van der Waals surface area contributed by atoms with Crippen molar-refractivity contribution in [1.29, 1.82) is 0 Å². The van der Waals surface area contributed by atoms with Crippen molar-refractivity contribution in [3.8, 4) is 0 Å². The average Bonchev–Trinajstić information content (AvgIpc) is 2.69. The minimum Gasteiger partial charge on any atom is -0.457 e. The number of hydrogen-bond donors (Lipinski definition) is 0. The number of carbonyl (C=O) groups is 2. The Morgan fingerprint density at radius 2 is 1.62 bits per heavy atom. The van der Waals surface area contributed by atoms with Gasteiger partial charge in [-0.2, -0.15) is 13.2 Å². The van der Waals surface area contributed by atoms with Crippen LogP contribution in [-0.2, 0) is 27.0 Å². The smallest absolute Gasteiger partial charge is 0.416 e. The third-order valence-electron chi connectivity index (χ3n) is 5.27. The van der Waals surface area contributed by atoms with Gasteiger partial charge < -0.3 is 9.64 Å². The first-order valence-corrected chi connectivity index (χ1v) is 10.3. The lowest BCUT2D eigenvalue weighted by molar-refractivity contribution is -0.151. The van der Waals surface area contributed by atoms with E-state index < -0.39 is 29.2 Å². The number of hydrogen-bond acceptors (Lipinski definition) is 3. The third kappa shape index (κ3) is 5.39. The van der Waals surface area contributed by atoms with Crippen molar-refractivity contribution < 1.29 is 27.5 Å². The molecule has 2 aromatic rings. The fourth-order valence-corrected chi connectivity index (χ4v) is 3.76. The summed E-state index contributed by atoms with van der Waals surface area (Å²) in [4.78, 5) is 27.7. The second-order valence-electron chi connectivity index (χ2n) is 8.84. The lowest BCUT2D eigenvalue weighted by Gasteiger charge is -2.35. The molecule has 170 valence electrons. The van der Waals surface area contributed by atoms with Gasteiger partial charge in [-0.3, -0.25) is 4.79 Å². The van der Waals surface area contributed by atoms with Crippen LogP contribution in [0.15, 0.2) is 65.9 Å². The standard InChI is InChI=1S/C25H26F3NO3/c1-16-22(23(31)32-24(2,3)4)20(18-10-12-19(13-11-18)25(26,27)28)14-21(30)29(16)15-17-8-6-5-7-9-17/h5-13,20H,14-15H2,1-4H3. The molecule has 0 spiro atoms. The highest BCUT2D eigenvalue weighted by Crippen LogP contribution is 2.39. The summed E-state index contributed by atoms with van der Waals surface area (Å²) in [6.07, 6.45) is -4.50. The molecule has 0 fully saturated rings. The number of nitrogens with zero attached hydrogens (tertiary/aromatic N) is 1. The molecule has 1 aliphatic heterocycles. The van der Waals surface area contributed by atoms with Crippen molar-refractivity contribution in [1.82, 2.24) is 4.90 Å². The summed E-state index contributed by atoms with van der Waals surface area (Å²) < 4.78 is 44.6. The molecule has 1 atom stereocenters. The normalized spacial score (nSPS) is 17.5. The van der Waals surface area contributed by atoms with Crippen molar-refractivity contribution in [3.63, 3.8) is 0 Å². The van der Waals surface area contributed by atoms with E-state index in [4.69, 9.17) is 4.74 Å². The van der Waals surface area contributed by atoms with Crippen LogP contribution >= 0.6 is 0 Å². The molecule has 0 aromatic heterocycles. The number of benzene rings is 2. The van der Waals surface area contributed by atoms with E-state index in [1.807, 2.05) is 30.3 Å². The predicted molar refractivity (Wildman–Crippen MR) is 114 cm³/mol. The molecule has 32 heavy (non-hydrogen) atoms. The van der Waals surface area contributed by atoms with Gasteiger partial charge in [0.05, 0.1) is 17.7 Å². The van der Waals surface area contributed by atoms with Crippen molar-refractivity contribution in [3.05, 3.63) is 82.6 Å². The quantitative estimate of drug-likeness (QED) is 0.556. The number of ether oxygens (including phenoxy) is 1. The van der Waals surface area contributed by atoms with Crippen LogP contribution in [0.25, 0.3) is 0 Å². The Balaban J connectivity index is 2.04. The Labute approximate surface area is 185 Å². The van der Waals surface area contributed by atoms with Gasteiger partial charge in [-0.15, -0.1) is 0 Å². The summed E-state index contributed by atoms with van der Waals surface area (Å²) in [5.74, 6) is -1.47. The fraction of sp³-hybridized carbons (Fsp3) is 0.360. The molecule has 2 aromatic carbocycles. The molecule has 0 saturated carbocycles. The summed E-state index contributed by atoms with van der Waals surface area (Å²) in [6, 6.07) is 14.0. The predicted octanol–water partition coefficient (Wildman–Crippen LogP) is 5.84. The summed E-state index contributed by atoms with van der Waals surface area (Å²) in [5.41, 5.74) is 0.552. The maximum Gasteiger partial charge on any atom is 0.416 e. The van der Waals surface area contributed by atoms with Gasteiger partial charge in [0.2, 0.25) is 5.91 Å². The van der Waals surface area contributed by atoms with Crippen molar-refractivity contribution in [2.24, 2.45) is 0 Å². The number of alkyl halides is 3. The molecular formula is C25H26F3NO3. The molecule has 3 rings (SSSR count). The highest BCUT2D eigenvalue weighted by atomic mass is 19.4. The molecule has 7 heteroatoms. The van der Waals surface area contributed by atoms with Crippen LogP contribution in [0, 0.1) is 0 Å². The van der Waals surface area contributed by atoms with Gasteiger partial charge in [-0.1, -0.05) is 42.5 Å². The van der Waals surface area contributed by atoms with Crippen LogP contribution in [0.5, 0.6) is 0 Å². The first-order valence-electron chi connectivity index (χ1n) is 10.3. The van der Waals surface area contributed by atoms with Crippen molar-refractivity contribution >= 4 is 11.9 Å². The maximum atomic E-state index is 13.1. The molecule has 4 nitrogen and oxygen atoms in total. The Kier molecular flexibility index (Phi) is 6.49. The summed E-state index contributed by atoms with van der Waals surface area (Å²) in [6.45, 7) is 7.19. The van der Waals surface area contributed by atoms with Crippen molar-refractivity contribution in [2.75, 3.05) is 0 Å². The van der Waals surface area contributed by atoms with Crippen LogP contribution in [0.1, 0.15) is 56.7 Å². The van der Waals surface area contributed by atoms with E-state index in [1.54, 1.807) is 27.7 Å². The zero-order valence-corrected chi connectivity index (χ0v) is 18.5. The van der Waals surface area contributed by atoms with Crippen molar-refractivity contribution in [2.45, 2.75) is 58.4 Å². The Morgan fingerprint density at radius 3 is 2.16 bits per heavy atom. The summed E-state index contributed by atoms with van der Waals surface area (Å²) >= 11 is 0. The van der Waals surface area contributed by atoms with Gasteiger partial charge >= 0.3 is 12.1 Å². The van der Waals surface area contributed by atoms with Gasteiger partial charge in [0.1, 0.15) is 5.60 Å². The zero-order chi connectivity index (χ0) is 23.7. The fourth-order valence-electron chi connectivity index (χ4n) is 3.76. The van der Waals surface area contributed by atoms with Gasteiger partial charge in [-0.25, -0.2) is 4.79 Å². The Bertz CT molecular complexity index is 1020. The summed E-state index contributed by atoms with van der Waals surface area (Å²) in [5, 5.41) is 0. The molecule has 1 heterocycles. The topological polar surface area (TPSA) is 46.6 Å². The SMILES string of the molecule is CC1=C(C(=O)OC(C)(C)C)C(c2ccc(C(F)(F)F)cc2)CC(=O)N1Cc1ccccc1. The van der Waals surface area contributed by atoms with E-state index in [-0.39, 0.29) is 24.4 Å². The maximum absolute atomic E-state index is 13.1. The van der Waals surface area contributed by atoms with Gasteiger partial charge in [-0.05, 0) is 51.0 Å². The lowest BCUT2D eigenvalue weighted by atomic mass is 9.83. The Hall–Kier alpha value is -3.09. The highest BCUT2D eigenvalue weighted by Gasteiger charge is 2.38. The van der Waals surface area contributed by atoms with E-state index >= 15 is 0 Å². The summed E-state index contributed by atoms with van der Waals surface area (Å²) in [7, 11) is 0. The van der Waals surface area contributed by atoms with Crippen LogP contribution < -0.4 is 0 Å². The number of esters is 1. The van der Waals surface area contributed by atoms with Gasteiger partial charge in [0, 0.05) is 18.0 Å². The van der Waals surface area contributed by atoms with E-state index in [1.165, 1.54) is 17.0 Å². The molecule has 0 saturated heterocycles. The largest absolute Gasteiger partial charge is 0.457 e. The molecular weight excluding hydrogens is 419 g/mol. The number of halogens is 3. The number of allylic oxidation sites excluding steroid dienone is 1. The van der Waals surface area contributed by atoms with Gasteiger partial charge in [0.15, 0.2) is 0 Å². The zero-order valence-electron chi connectivity index (χ0n) is 18.5. The first-order chi connectivity index (χ1) is 14.9. The van der Waals surface area contributed by atoms with E-state index in [9.17, 15) is 22.8 Å². The van der Waals surface area contributed by atoms with Gasteiger partial charge in [0.25, 0.3) is 0 Å².